The van der Waals surface area contributed by atoms with Crippen LogP contribution in [0, 0.1) is 6.92 Å². The number of alkyl halides is 3. The minimum atomic E-state index is -5.08. The molecule has 0 radical (unpaired) electrons. The Morgan fingerprint density at radius 2 is 1.71 bits per heavy atom. The molecule has 0 aliphatic heterocycles. The zero-order valence-corrected chi connectivity index (χ0v) is 16.1. The number of carbonyl (C=O) groups is 2. The van der Waals surface area contributed by atoms with Crippen LogP contribution in [0.2, 0.25) is 0 Å². The van der Waals surface area contributed by atoms with E-state index in [2.05, 4.69) is 20.6 Å². The normalized spacial score (nSPS) is 10.5. The highest BCUT2D eigenvalue weighted by Crippen LogP contribution is 2.26. The van der Waals surface area contributed by atoms with Crippen molar-refractivity contribution < 1.29 is 27.9 Å². The number of carbonyl (C=O) groups excluding carboxylic acids is 1. The van der Waals surface area contributed by atoms with Crippen molar-refractivity contribution in [2.45, 2.75) is 13.1 Å². The molecule has 0 bridgehead atoms. The van der Waals surface area contributed by atoms with E-state index in [0.717, 1.165) is 16.9 Å². The van der Waals surface area contributed by atoms with Gasteiger partial charge in [-0.2, -0.15) is 13.2 Å². The lowest BCUT2D eigenvalue weighted by Crippen LogP contribution is -2.21. The number of nitrogens with one attached hydrogen (secondary N) is 2. The fourth-order valence-corrected chi connectivity index (χ4v) is 2.26. The molecule has 0 spiro atoms. The number of nitrogens with two attached hydrogens (primary N) is 1. The highest BCUT2D eigenvalue weighted by atomic mass is 19.4. The van der Waals surface area contributed by atoms with Crippen molar-refractivity contribution in [2.24, 2.45) is 5.73 Å². The van der Waals surface area contributed by atoms with Crippen LogP contribution in [0.4, 0.5) is 36.1 Å². The molecule has 8 nitrogen and oxygen atoms in total. The van der Waals surface area contributed by atoms with Gasteiger partial charge in [0, 0.05) is 24.1 Å². The number of rotatable bonds is 5. The lowest BCUT2D eigenvalue weighted by Gasteiger charge is -2.14. The van der Waals surface area contributed by atoms with E-state index >= 15 is 0 Å². The first-order valence-corrected chi connectivity index (χ1v) is 8.67. The predicted octanol–water partition coefficient (Wildman–Crippen LogP) is 4.00. The van der Waals surface area contributed by atoms with Crippen LogP contribution in [0.5, 0.6) is 0 Å². The number of amides is 1. The number of primary amides is 1. The van der Waals surface area contributed by atoms with Crippen molar-refractivity contribution in [2.75, 3.05) is 10.6 Å². The van der Waals surface area contributed by atoms with Gasteiger partial charge in [0.2, 0.25) is 0 Å². The monoisotopic (exact) mass is 433 g/mol. The molecule has 0 saturated heterocycles. The van der Waals surface area contributed by atoms with Crippen LogP contribution < -0.4 is 16.4 Å². The molecule has 3 aromatic rings. The van der Waals surface area contributed by atoms with Gasteiger partial charge in [-0.3, -0.25) is 9.78 Å². The predicted molar refractivity (Wildman–Crippen MR) is 108 cm³/mol. The van der Waals surface area contributed by atoms with Crippen LogP contribution in [0.15, 0.2) is 61.1 Å². The van der Waals surface area contributed by atoms with Crippen LogP contribution in [0.25, 0.3) is 0 Å². The Morgan fingerprint density at radius 1 is 1.03 bits per heavy atom. The fraction of sp³-hybridized carbons (Fsp3) is 0.100. The Kier molecular flexibility index (Phi) is 7.50. The van der Waals surface area contributed by atoms with Crippen molar-refractivity contribution >= 4 is 34.8 Å². The standard InChI is InChI=1S/C18H17N5O.C2HF3O2/c1-12-10-21-17(22-13-5-4-8-20-11-13)9-16(12)23-15-7-3-2-6-14(15)18(19)24;3-2(4,5)1(6)7/h2-11H,1H3,(H2,19,24)(H2,21,22,23);(H,6,7). The van der Waals surface area contributed by atoms with Crippen molar-refractivity contribution in [3.8, 4) is 0 Å². The van der Waals surface area contributed by atoms with Gasteiger partial charge >= 0.3 is 12.1 Å². The number of aliphatic carboxylic acids is 1. The van der Waals surface area contributed by atoms with Gasteiger partial charge in [0.15, 0.2) is 0 Å². The van der Waals surface area contributed by atoms with Crippen molar-refractivity contribution in [3.63, 3.8) is 0 Å². The average molecular weight is 433 g/mol. The Hall–Kier alpha value is -4.15. The topological polar surface area (TPSA) is 130 Å². The Labute approximate surface area is 175 Å². The molecule has 11 heteroatoms. The lowest BCUT2D eigenvalue weighted by molar-refractivity contribution is -0.192. The molecular formula is C20H18F3N5O3. The molecule has 31 heavy (non-hydrogen) atoms. The van der Waals surface area contributed by atoms with Crippen LogP contribution >= 0.6 is 0 Å². The molecule has 2 heterocycles. The van der Waals surface area contributed by atoms with Crippen molar-refractivity contribution in [3.05, 3.63) is 72.2 Å². The van der Waals surface area contributed by atoms with Gasteiger partial charge < -0.3 is 21.5 Å². The second kappa shape index (κ2) is 10.1. The molecule has 0 aliphatic rings. The fourth-order valence-electron chi connectivity index (χ4n) is 2.26. The van der Waals surface area contributed by atoms with E-state index in [0.29, 0.717) is 17.1 Å². The highest BCUT2D eigenvalue weighted by molar-refractivity contribution is 5.99. The summed E-state index contributed by atoms with van der Waals surface area (Å²) < 4.78 is 31.7. The third-order valence-electron chi connectivity index (χ3n) is 3.74. The minimum Gasteiger partial charge on any atom is -0.475 e. The number of nitrogens with zero attached hydrogens (tertiary/aromatic N) is 2. The molecule has 0 unspecified atom stereocenters. The molecule has 3 rings (SSSR count). The van der Waals surface area contributed by atoms with Gasteiger partial charge in [-0.25, -0.2) is 9.78 Å². The Balaban J connectivity index is 0.000000423. The highest BCUT2D eigenvalue weighted by Gasteiger charge is 2.38. The molecule has 0 atom stereocenters. The number of anilines is 4. The summed E-state index contributed by atoms with van der Waals surface area (Å²) in [6.45, 7) is 1.94. The SMILES string of the molecule is Cc1cnc(Nc2cccnc2)cc1Nc1ccccc1C(N)=O.O=C(O)C(F)(F)F. The van der Waals surface area contributed by atoms with Gasteiger partial charge in [-0.05, 0) is 36.8 Å². The van der Waals surface area contributed by atoms with E-state index in [1.807, 2.05) is 37.3 Å². The van der Waals surface area contributed by atoms with Crippen LogP contribution in [-0.4, -0.2) is 33.1 Å². The summed E-state index contributed by atoms with van der Waals surface area (Å²) in [5.74, 6) is -2.56. The summed E-state index contributed by atoms with van der Waals surface area (Å²) in [5, 5.41) is 13.6. The van der Waals surface area contributed by atoms with Crippen LogP contribution in [0.1, 0.15) is 15.9 Å². The summed E-state index contributed by atoms with van der Waals surface area (Å²) in [7, 11) is 0. The third-order valence-corrected chi connectivity index (χ3v) is 3.74. The number of halogens is 3. The first kappa shape index (κ1) is 23.1. The third kappa shape index (κ3) is 6.99. The largest absolute Gasteiger partial charge is 0.490 e. The lowest BCUT2D eigenvalue weighted by atomic mass is 10.1. The van der Waals surface area contributed by atoms with Gasteiger partial charge in [-0.1, -0.05) is 12.1 Å². The van der Waals surface area contributed by atoms with E-state index in [4.69, 9.17) is 15.6 Å². The number of para-hydroxylation sites is 1. The quantitative estimate of drug-likeness (QED) is 0.478. The number of hydrogen-bond acceptors (Lipinski definition) is 6. The number of pyridine rings is 2. The van der Waals surface area contributed by atoms with Crippen LogP contribution in [-0.2, 0) is 4.79 Å². The molecule has 0 aliphatic carbocycles. The summed E-state index contributed by atoms with van der Waals surface area (Å²) in [6.07, 6.45) is 0.104. The van der Waals surface area contributed by atoms with Gasteiger partial charge in [0.05, 0.1) is 23.1 Å². The maximum absolute atomic E-state index is 11.6. The average Bonchev–Trinajstić information content (AvgIpc) is 2.71. The summed E-state index contributed by atoms with van der Waals surface area (Å²) in [5.41, 5.74) is 9.16. The molecule has 5 N–H and O–H groups in total. The Bertz CT molecular complexity index is 1060. The summed E-state index contributed by atoms with van der Waals surface area (Å²) in [4.78, 5) is 28.9. The number of hydrogen-bond donors (Lipinski definition) is 4. The minimum absolute atomic E-state index is 0.440. The first-order chi connectivity index (χ1) is 14.6. The Morgan fingerprint density at radius 3 is 2.29 bits per heavy atom. The maximum atomic E-state index is 11.6. The van der Waals surface area contributed by atoms with Gasteiger partial charge in [0.25, 0.3) is 5.91 Å². The van der Waals surface area contributed by atoms with Gasteiger partial charge in [0.1, 0.15) is 5.82 Å². The number of aryl methyl sites for hydroxylation is 1. The molecule has 1 aromatic carbocycles. The number of aromatic nitrogens is 2. The second-order valence-electron chi connectivity index (χ2n) is 6.09. The molecule has 0 fully saturated rings. The van der Waals surface area contributed by atoms with E-state index in [-0.39, 0.29) is 0 Å². The van der Waals surface area contributed by atoms with Crippen molar-refractivity contribution in [1.29, 1.82) is 0 Å². The van der Waals surface area contributed by atoms with E-state index < -0.39 is 18.1 Å². The molecule has 0 saturated carbocycles. The van der Waals surface area contributed by atoms with E-state index in [1.54, 1.807) is 30.7 Å². The molecule has 1 amide bonds. The summed E-state index contributed by atoms with van der Waals surface area (Å²) in [6, 6.07) is 12.8. The summed E-state index contributed by atoms with van der Waals surface area (Å²) >= 11 is 0. The first-order valence-electron chi connectivity index (χ1n) is 8.67. The maximum Gasteiger partial charge on any atom is 0.490 e. The molecular weight excluding hydrogens is 415 g/mol. The van der Waals surface area contributed by atoms with Gasteiger partial charge in [-0.15, -0.1) is 0 Å². The number of carboxylic acids is 1. The van der Waals surface area contributed by atoms with Crippen LogP contribution in [0.3, 0.4) is 0 Å². The second-order valence-corrected chi connectivity index (χ2v) is 6.09. The number of benzene rings is 1. The van der Waals surface area contributed by atoms with Crippen molar-refractivity contribution in [1.82, 2.24) is 9.97 Å². The molecule has 162 valence electrons. The zero-order chi connectivity index (χ0) is 23.0. The zero-order valence-electron chi connectivity index (χ0n) is 16.1. The number of carboxylic acid groups (broad SMARTS) is 1. The molecule has 2 aromatic heterocycles. The van der Waals surface area contributed by atoms with E-state index in [1.165, 1.54) is 0 Å². The van der Waals surface area contributed by atoms with E-state index in [9.17, 15) is 18.0 Å². The smallest absolute Gasteiger partial charge is 0.475 e.